The van der Waals surface area contributed by atoms with Gasteiger partial charge < -0.3 is 4.42 Å². The first-order valence-electron chi connectivity index (χ1n) is 8.33. The lowest BCUT2D eigenvalue weighted by Crippen LogP contribution is -1.94. The van der Waals surface area contributed by atoms with E-state index >= 15 is 0 Å². The lowest BCUT2D eigenvalue weighted by Gasteiger charge is -2.05. The summed E-state index contributed by atoms with van der Waals surface area (Å²) in [5.74, 6) is 1.06. The van der Waals surface area contributed by atoms with Gasteiger partial charge in [0.2, 0.25) is 5.78 Å². The molecule has 0 fully saturated rings. The normalized spacial score (nSPS) is 14.6. The molecule has 0 unspecified atom stereocenters. The summed E-state index contributed by atoms with van der Waals surface area (Å²) < 4.78 is 5.87. The van der Waals surface area contributed by atoms with Crippen LogP contribution in [0, 0.1) is 24.0 Å². The van der Waals surface area contributed by atoms with Gasteiger partial charge in [-0.25, -0.2) is 0 Å². The average molecular weight is 377 g/mol. The molecule has 0 radical (unpaired) electrons. The number of nitro benzene ring substituents is 1. The van der Waals surface area contributed by atoms with E-state index in [2.05, 4.69) is 0 Å². The first kappa shape index (κ1) is 17.3. The van der Waals surface area contributed by atoms with Crippen LogP contribution >= 0.6 is 11.8 Å². The molecule has 134 valence electrons. The number of hydrogen-bond donors (Lipinski definition) is 0. The van der Waals surface area contributed by atoms with Gasteiger partial charge in [-0.15, -0.1) is 0 Å². The second kappa shape index (κ2) is 6.55. The number of benzene rings is 2. The van der Waals surface area contributed by atoms with Gasteiger partial charge in [0.05, 0.1) is 9.83 Å². The maximum atomic E-state index is 12.5. The smallest absolute Gasteiger partial charge is 0.273 e. The Morgan fingerprint density at radius 1 is 1.04 bits per heavy atom. The third-order valence-electron chi connectivity index (χ3n) is 4.48. The predicted molar refractivity (Wildman–Crippen MR) is 105 cm³/mol. The fraction of sp³-hybridized carbons (Fsp3) is 0.0952. The number of furan rings is 1. The first-order valence-corrected chi connectivity index (χ1v) is 9.15. The Morgan fingerprint density at radius 2 is 1.81 bits per heavy atom. The monoisotopic (exact) mass is 377 g/mol. The molecular weight excluding hydrogens is 362 g/mol. The van der Waals surface area contributed by atoms with Gasteiger partial charge in [-0.05, 0) is 55.8 Å². The number of hydrogen-bond acceptors (Lipinski definition) is 5. The van der Waals surface area contributed by atoms with E-state index in [0.29, 0.717) is 33.1 Å². The molecule has 1 aliphatic rings. The van der Waals surface area contributed by atoms with Crippen LogP contribution in [0.3, 0.4) is 0 Å². The summed E-state index contributed by atoms with van der Waals surface area (Å²) in [7, 11) is 0. The summed E-state index contributed by atoms with van der Waals surface area (Å²) in [4.78, 5) is 24.8. The molecule has 0 bridgehead atoms. The average Bonchev–Trinajstić information content (AvgIpc) is 3.20. The molecule has 2 aromatic carbocycles. The van der Waals surface area contributed by atoms with Gasteiger partial charge >= 0.3 is 0 Å². The van der Waals surface area contributed by atoms with E-state index in [1.807, 2.05) is 31.2 Å². The minimum Gasteiger partial charge on any atom is -0.457 e. The van der Waals surface area contributed by atoms with Gasteiger partial charge in [0.1, 0.15) is 11.5 Å². The van der Waals surface area contributed by atoms with Crippen molar-refractivity contribution in [1.29, 1.82) is 0 Å². The number of allylic oxidation sites excluding steroid dienone is 1. The second-order valence-corrected chi connectivity index (χ2v) is 7.43. The van der Waals surface area contributed by atoms with Crippen LogP contribution in [0.15, 0.2) is 62.7 Å². The molecule has 0 spiro atoms. The SMILES string of the molecule is Cc1cc(C)c([N+](=O)[O-])cc1-c1ccc(/C=C2/Sc3ccccc3C2=O)o1. The van der Waals surface area contributed by atoms with Crippen LogP contribution in [0.5, 0.6) is 0 Å². The van der Waals surface area contributed by atoms with Crippen molar-refractivity contribution in [1.82, 2.24) is 0 Å². The summed E-state index contributed by atoms with van der Waals surface area (Å²) in [6.07, 6.45) is 1.72. The Kier molecular flexibility index (Phi) is 4.20. The number of rotatable bonds is 3. The molecule has 0 N–H and O–H groups in total. The van der Waals surface area contributed by atoms with E-state index in [4.69, 9.17) is 4.42 Å². The first-order chi connectivity index (χ1) is 12.9. The number of nitro groups is 1. The number of carbonyl (C=O) groups is 1. The van der Waals surface area contributed by atoms with Crippen molar-refractivity contribution in [3.63, 3.8) is 0 Å². The maximum absolute atomic E-state index is 12.5. The predicted octanol–water partition coefficient (Wildman–Crippen LogP) is 5.80. The fourth-order valence-electron chi connectivity index (χ4n) is 3.14. The standard InChI is InChI=1S/C21H15NO4S/c1-12-9-13(2)17(22(24)25)11-16(12)18-8-7-14(26-18)10-20-21(23)15-5-3-4-6-19(15)27-20/h3-11H,1-2H3/b20-10+. The number of carbonyl (C=O) groups excluding carboxylic acids is 1. The Morgan fingerprint density at radius 3 is 2.56 bits per heavy atom. The van der Waals surface area contributed by atoms with Crippen molar-refractivity contribution in [2.45, 2.75) is 18.7 Å². The van der Waals surface area contributed by atoms with E-state index in [0.717, 1.165) is 10.5 Å². The highest BCUT2D eigenvalue weighted by atomic mass is 32.2. The zero-order valence-corrected chi connectivity index (χ0v) is 15.5. The number of thioether (sulfide) groups is 1. The van der Waals surface area contributed by atoms with Crippen molar-refractivity contribution in [2.24, 2.45) is 0 Å². The molecule has 1 aliphatic heterocycles. The molecule has 0 aliphatic carbocycles. The van der Waals surface area contributed by atoms with E-state index in [9.17, 15) is 14.9 Å². The molecule has 0 saturated carbocycles. The molecule has 1 aromatic heterocycles. The van der Waals surface area contributed by atoms with Gasteiger partial charge in [0, 0.05) is 27.7 Å². The van der Waals surface area contributed by atoms with Crippen LogP contribution in [0.4, 0.5) is 5.69 Å². The fourth-order valence-corrected chi connectivity index (χ4v) is 4.18. The lowest BCUT2D eigenvalue weighted by molar-refractivity contribution is -0.385. The highest BCUT2D eigenvalue weighted by Crippen LogP contribution is 2.41. The molecule has 0 amide bonds. The van der Waals surface area contributed by atoms with Gasteiger partial charge in [-0.3, -0.25) is 14.9 Å². The summed E-state index contributed by atoms with van der Waals surface area (Å²) in [5.41, 5.74) is 2.94. The molecule has 0 saturated heterocycles. The summed E-state index contributed by atoms with van der Waals surface area (Å²) >= 11 is 1.42. The Labute approximate surface area is 159 Å². The summed E-state index contributed by atoms with van der Waals surface area (Å²) in [6.45, 7) is 3.60. The molecule has 2 heterocycles. The molecular formula is C21H15NO4S. The minimum absolute atomic E-state index is 0.0179. The number of fused-ring (bicyclic) bond motifs is 1. The number of Topliss-reactive ketones (excluding diaryl/α,β-unsaturated/α-hetero) is 1. The largest absolute Gasteiger partial charge is 0.457 e. The van der Waals surface area contributed by atoms with Crippen LogP contribution < -0.4 is 0 Å². The zero-order valence-electron chi connectivity index (χ0n) is 14.7. The van der Waals surface area contributed by atoms with Gasteiger partial charge in [-0.2, -0.15) is 0 Å². The lowest BCUT2D eigenvalue weighted by atomic mass is 10.0. The van der Waals surface area contributed by atoms with Crippen molar-refractivity contribution in [3.05, 3.63) is 86.0 Å². The van der Waals surface area contributed by atoms with Crippen LogP contribution in [0.2, 0.25) is 0 Å². The van der Waals surface area contributed by atoms with Crippen LogP contribution in [-0.2, 0) is 0 Å². The van der Waals surface area contributed by atoms with Crippen molar-refractivity contribution in [2.75, 3.05) is 0 Å². The third-order valence-corrected chi connectivity index (χ3v) is 5.58. The van der Waals surface area contributed by atoms with Crippen molar-refractivity contribution < 1.29 is 14.1 Å². The quantitative estimate of drug-likeness (QED) is 0.327. The third kappa shape index (κ3) is 3.08. The highest BCUT2D eigenvalue weighted by molar-refractivity contribution is 8.04. The van der Waals surface area contributed by atoms with Crippen LogP contribution in [-0.4, -0.2) is 10.7 Å². The maximum Gasteiger partial charge on any atom is 0.273 e. The van der Waals surface area contributed by atoms with E-state index < -0.39 is 4.92 Å². The summed E-state index contributed by atoms with van der Waals surface area (Å²) in [5, 5.41) is 11.2. The van der Waals surface area contributed by atoms with Crippen molar-refractivity contribution in [3.8, 4) is 11.3 Å². The number of aryl methyl sites for hydroxylation is 2. The van der Waals surface area contributed by atoms with Gasteiger partial charge in [0.25, 0.3) is 5.69 Å². The number of ketones is 1. The molecule has 0 atom stereocenters. The summed E-state index contributed by atoms with van der Waals surface area (Å²) in [6, 6.07) is 14.3. The molecule has 5 nitrogen and oxygen atoms in total. The van der Waals surface area contributed by atoms with Gasteiger partial charge in [0.15, 0.2) is 0 Å². The number of nitrogens with zero attached hydrogens (tertiary/aromatic N) is 1. The van der Waals surface area contributed by atoms with Crippen LogP contribution in [0.25, 0.3) is 17.4 Å². The second-order valence-electron chi connectivity index (χ2n) is 6.35. The Bertz CT molecular complexity index is 1130. The minimum atomic E-state index is -0.394. The Hall–Kier alpha value is -3.12. The highest BCUT2D eigenvalue weighted by Gasteiger charge is 2.25. The van der Waals surface area contributed by atoms with E-state index in [-0.39, 0.29) is 11.5 Å². The van der Waals surface area contributed by atoms with E-state index in [1.54, 1.807) is 31.2 Å². The Balaban J connectivity index is 1.69. The molecule has 27 heavy (non-hydrogen) atoms. The van der Waals surface area contributed by atoms with Gasteiger partial charge in [-0.1, -0.05) is 23.9 Å². The van der Waals surface area contributed by atoms with Crippen LogP contribution in [0.1, 0.15) is 27.2 Å². The molecule has 4 rings (SSSR count). The molecule has 6 heteroatoms. The zero-order chi connectivity index (χ0) is 19.1. The van der Waals surface area contributed by atoms with E-state index in [1.165, 1.54) is 17.8 Å². The van der Waals surface area contributed by atoms with Crippen molar-refractivity contribution >= 4 is 29.3 Å². The molecule has 3 aromatic rings. The topological polar surface area (TPSA) is 73.3 Å².